The first kappa shape index (κ1) is 12.6. The maximum absolute atomic E-state index is 5.90. The molecule has 0 unspecified atom stereocenters. The molecule has 0 saturated heterocycles. The zero-order valence-corrected chi connectivity index (χ0v) is 10.9. The Morgan fingerprint density at radius 2 is 2.00 bits per heavy atom. The lowest BCUT2D eigenvalue weighted by Gasteiger charge is -2.13. The molecular formula is C12H21ClN2. The minimum atomic E-state index is 0.494. The van der Waals surface area contributed by atoms with Gasteiger partial charge in [0.15, 0.2) is 0 Å². The zero-order valence-electron chi connectivity index (χ0n) is 10.1. The molecule has 0 saturated carbocycles. The molecule has 0 fully saturated rings. The first-order valence-electron chi connectivity index (χ1n) is 5.66. The maximum atomic E-state index is 5.90. The molecule has 15 heavy (non-hydrogen) atoms. The molecule has 0 N–H and O–H groups in total. The molecule has 0 aliphatic carbocycles. The van der Waals surface area contributed by atoms with E-state index in [2.05, 4.69) is 37.5 Å². The van der Waals surface area contributed by atoms with Crippen molar-refractivity contribution in [1.82, 2.24) is 9.78 Å². The Balaban J connectivity index is 2.82. The molecule has 3 heteroatoms. The predicted molar refractivity (Wildman–Crippen MR) is 65.3 cm³/mol. The number of halogens is 1. The number of hydrogen-bond acceptors (Lipinski definition) is 1. The zero-order chi connectivity index (χ0) is 11.4. The molecule has 1 aromatic heterocycles. The first-order chi connectivity index (χ1) is 7.06. The van der Waals surface area contributed by atoms with Crippen LogP contribution >= 0.6 is 11.6 Å². The van der Waals surface area contributed by atoms with Gasteiger partial charge in [0.25, 0.3) is 0 Å². The van der Waals surface area contributed by atoms with Gasteiger partial charge >= 0.3 is 0 Å². The van der Waals surface area contributed by atoms with Crippen molar-refractivity contribution in [2.24, 2.45) is 5.92 Å². The van der Waals surface area contributed by atoms with Gasteiger partial charge in [-0.1, -0.05) is 27.7 Å². The molecule has 1 rings (SSSR count). The monoisotopic (exact) mass is 228 g/mol. The number of alkyl halides is 1. The average molecular weight is 229 g/mol. The van der Waals surface area contributed by atoms with Crippen molar-refractivity contribution in [2.75, 3.05) is 0 Å². The number of aromatic nitrogens is 2. The normalized spacial score (nSPS) is 11.7. The van der Waals surface area contributed by atoms with E-state index in [1.165, 1.54) is 17.7 Å². The summed E-state index contributed by atoms with van der Waals surface area (Å²) in [5.74, 6) is 1.77. The number of nitrogens with zero attached hydrogens (tertiary/aromatic N) is 2. The molecule has 0 bridgehead atoms. The highest BCUT2D eigenvalue weighted by Crippen LogP contribution is 2.21. The van der Waals surface area contributed by atoms with Gasteiger partial charge in [-0.3, -0.25) is 4.68 Å². The molecule has 1 aromatic rings. The van der Waals surface area contributed by atoms with Crippen LogP contribution in [0.3, 0.4) is 0 Å². The highest BCUT2D eigenvalue weighted by Gasteiger charge is 2.13. The van der Waals surface area contributed by atoms with Crippen molar-refractivity contribution in [3.05, 3.63) is 17.5 Å². The van der Waals surface area contributed by atoms with E-state index in [0.717, 1.165) is 6.54 Å². The van der Waals surface area contributed by atoms with E-state index in [1.54, 1.807) is 0 Å². The Morgan fingerprint density at radius 1 is 1.33 bits per heavy atom. The smallest absolute Gasteiger partial charge is 0.0536 e. The lowest BCUT2D eigenvalue weighted by atomic mass is 10.1. The van der Waals surface area contributed by atoms with E-state index in [1.807, 2.05) is 6.20 Å². The van der Waals surface area contributed by atoms with Gasteiger partial charge in [0.1, 0.15) is 0 Å². The fraction of sp³-hybridized carbons (Fsp3) is 0.750. The quantitative estimate of drug-likeness (QED) is 0.702. The van der Waals surface area contributed by atoms with Gasteiger partial charge in [-0.05, 0) is 18.3 Å². The standard InChI is InChI=1S/C12H21ClN2/c1-9(2)5-6-15-12(10(3)4)11(7-13)8-14-15/h8-10H,5-7H2,1-4H3. The molecule has 0 radical (unpaired) electrons. The summed E-state index contributed by atoms with van der Waals surface area (Å²) in [6.07, 6.45) is 3.08. The van der Waals surface area contributed by atoms with Gasteiger partial charge in [0, 0.05) is 17.8 Å². The SMILES string of the molecule is CC(C)CCn1ncc(CCl)c1C(C)C. The van der Waals surface area contributed by atoms with Crippen LogP contribution in [0.1, 0.15) is 51.3 Å². The molecule has 0 aliphatic heterocycles. The van der Waals surface area contributed by atoms with Crippen LogP contribution in [0.15, 0.2) is 6.20 Å². The summed E-state index contributed by atoms with van der Waals surface area (Å²) >= 11 is 5.90. The Hall–Kier alpha value is -0.500. The molecule has 0 aromatic carbocycles. The van der Waals surface area contributed by atoms with Gasteiger partial charge in [-0.2, -0.15) is 5.10 Å². The van der Waals surface area contributed by atoms with Gasteiger partial charge < -0.3 is 0 Å². The van der Waals surface area contributed by atoms with Crippen molar-refractivity contribution < 1.29 is 0 Å². The van der Waals surface area contributed by atoms with Crippen LogP contribution < -0.4 is 0 Å². The highest BCUT2D eigenvalue weighted by molar-refractivity contribution is 6.17. The third kappa shape index (κ3) is 3.23. The third-order valence-corrected chi connectivity index (χ3v) is 2.86. The van der Waals surface area contributed by atoms with Crippen molar-refractivity contribution in [3.63, 3.8) is 0 Å². The van der Waals surface area contributed by atoms with Crippen LogP contribution in [0, 0.1) is 5.92 Å². The largest absolute Gasteiger partial charge is 0.269 e. The number of hydrogen-bond donors (Lipinski definition) is 0. The molecule has 86 valence electrons. The Bertz CT molecular complexity index is 303. The predicted octanol–water partition coefficient (Wildman–Crippen LogP) is 3.79. The van der Waals surface area contributed by atoms with E-state index >= 15 is 0 Å². The second-order valence-corrected chi connectivity index (χ2v) is 5.02. The third-order valence-electron chi connectivity index (χ3n) is 2.57. The highest BCUT2D eigenvalue weighted by atomic mass is 35.5. The number of aryl methyl sites for hydroxylation is 1. The van der Waals surface area contributed by atoms with Crippen LogP contribution in [0.4, 0.5) is 0 Å². The summed E-state index contributed by atoms with van der Waals surface area (Å²) in [6.45, 7) is 9.86. The number of rotatable bonds is 5. The molecule has 1 heterocycles. The second kappa shape index (κ2) is 5.55. The average Bonchev–Trinajstić information content (AvgIpc) is 2.57. The van der Waals surface area contributed by atoms with E-state index < -0.39 is 0 Å². The maximum Gasteiger partial charge on any atom is 0.0536 e. The fourth-order valence-electron chi connectivity index (χ4n) is 1.76. The molecule has 0 atom stereocenters. The van der Waals surface area contributed by atoms with E-state index in [9.17, 15) is 0 Å². The van der Waals surface area contributed by atoms with Crippen LogP contribution in [0.2, 0.25) is 0 Å². The second-order valence-electron chi connectivity index (χ2n) is 4.75. The molecule has 2 nitrogen and oxygen atoms in total. The lowest BCUT2D eigenvalue weighted by Crippen LogP contribution is -2.09. The summed E-state index contributed by atoms with van der Waals surface area (Å²) in [5, 5.41) is 4.41. The van der Waals surface area contributed by atoms with Crippen LogP contribution in [0.25, 0.3) is 0 Å². The van der Waals surface area contributed by atoms with Crippen LogP contribution in [-0.4, -0.2) is 9.78 Å². The van der Waals surface area contributed by atoms with Crippen molar-refractivity contribution in [1.29, 1.82) is 0 Å². The van der Waals surface area contributed by atoms with Gasteiger partial charge in [-0.15, -0.1) is 11.6 Å². The lowest BCUT2D eigenvalue weighted by molar-refractivity contribution is 0.469. The minimum absolute atomic E-state index is 0.494. The minimum Gasteiger partial charge on any atom is -0.269 e. The van der Waals surface area contributed by atoms with Crippen LogP contribution in [0.5, 0.6) is 0 Å². The van der Waals surface area contributed by atoms with Crippen molar-refractivity contribution in [3.8, 4) is 0 Å². The first-order valence-corrected chi connectivity index (χ1v) is 6.20. The van der Waals surface area contributed by atoms with Gasteiger partial charge in [0.2, 0.25) is 0 Å². The molecule has 0 aliphatic rings. The molecule has 0 amide bonds. The summed E-state index contributed by atoms with van der Waals surface area (Å²) in [4.78, 5) is 0. The molecule has 0 spiro atoms. The summed E-state index contributed by atoms with van der Waals surface area (Å²) in [7, 11) is 0. The van der Waals surface area contributed by atoms with Crippen LogP contribution in [-0.2, 0) is 12.4 Å². The van der Waals surface area contributed by atoms with E-state index in [0.29, 0.717) is 17.7 Å². The Labute approximate surface area is 97.6 Å². The Morgan fingerprint density at radius 3 is 2.47 bits per heavy atom. The summed E-state index contributed by atoms with van der Waals surface area (Å²) < 4.78 is 2.11. The molecular weight excluding hydrogens is 208 g/mol. The van der Waals surface area contributed by atoms with E-state index in [-0.39, 0.29) is 0 Å². The van der Waals surface area contributed by atoms with Gasteiger partial charge in [-0.25, -0.2) is 0 Å². The summed E-state index contributed by atoms with van der Waals surface area (Å²) in [5.41, 5.74) is 2.47. The summed E-state index contributed by atoms with van der Waals surface area (Å²) in [6, 6.07) is 0. The van der Waals surface area contributed by atoms with Crippen molar-refractivity contribution >= 4 is 11.6 Å². The fourth-order valence-corrected chi connectivity index (χ4v) is 1.97. The Kier molecular flexibility index (Phi) is 4.65. The van der Waals surface area contributed by atoms with Gasteiger partial charge in [0.05, 0.1) is 12.1 Å². The van der Waals surface area contributed by atoms with E-state index in [4.69, 9.17) is 11.6 Å². The topological polar surface area (TPSA) is 17.8 Å². The van der Waals surface area contributed by atoms with Crippen molar-refractivity contribution in [2.45, 2.75) is 52.5 Å².